The number of alkyl halides is 3. The van der Waals surface area contributed by atoms with Gasteiger partial charge in [-0.05, 0) is 25.5 Å². The van der Waals surface area contributed by atoms with Crippen LogP contribution >= 0.6 is 11.6 Å². The maximum Gasteiger partial charge on any atom is 0.433 e. The number of hydrogen-bond acceptors (Lipinski definition) is 4. The van der Waals surface area contributed by atoms with Gasteiger partial charge in [0.25, 0.3) is 0 Å². The van der Waals surface area contributed by atoms with Gasteiger partial charge in [-0.15, -0.1) is 0 Å². The lowest BCUT2D eigenvalue weighted by molar-refractivity contribution is -0.141. The molecule has 0 aliphatic rings. The third kappa shape index (κ3) is 4.05. The Morgan fingerprint density at radius 3 is 2.50 bits per heavy atom. The van der Waals surface area contributed by atoms with Gasteiger partial charge in [-0.25, -0.2) is 4.98 Å². The van der Waals surface area contributed by atoms with Crippen LogP contribution in [0, 0.1) is 0 Å². The van der Waals surface area contributed by atoms with E-state index < -0.39 is 22.6 Å². The molecule has 0 saturated heterocycles. The van der Waals surface area contributed by atoms with E-state index >= 15 is 0 Å². The number of methoxy groups -OCH3 is 1. The van der Waals surface area contributed by atoms with E-state index in [0.29, 0.717) is 13.0 Å². The average Bonchev–Trinajstić information content (AvgIpc) is 2.35. The van der Waals surface area contributed by atoms with Crippen LogP contribution in [0.1, 0.15) is 24.1 Å². The first-order chi connectivity index (χ1) is 9.24. The molecule has 4 nitrogen and oxygen atoms in total. The fourth-order valence-electron chi connectivity index (χ4n) is 1.86. The summed E-state index contributed by atoms with van der Waals surface area (Å²) in [6.07, 6.45) is -3.90. The molecule has 0 aliphatic carbocycles. The second-order valence-electron chi connectivity index (χ2n) is 4.39. The monoisotopic (exact) mass is 312 g/mol. The number of halogens is 4. The fraction of sp³-hybridized carbons (Fsp3) is 0.583. The summed E-state index contributed by atoms with van der Waals surface area (Å²) < 4.78 is 42.5. The van der Waals surface area contributed by atoms with E-state index in [1.807, 2.05) is 0 Å². The summed E-state index contributed by atoms with van der Waals surface area (Å²) in [5, 5.41) is 10.1. The van der Waals surface area contributed by atoms with E-state index in [9.17, 15) is 18.3 Å². The molecule has 114 valence electrons. The molecule has 1 unspecified atom stereocenters. The highest BCUT2D eigenvalue weighted by Crippen LogP contribution is 2.35. The molecule has 0 fully saturated rings. The van der Waals surface area contributed by atoms with Gasteiger partial charge in [-0.1, -0.05) is 17.7 Å². The van der Waals surface area contributed by atoms with Gasteiger partial charge in [0.2, 0.25) is 0 Å². The number of rotatable bonds is 6. The van der Waals surface area contributed by atoms with Gasteiger partial charge in [-0.3, -0.25) is 0 Å². The lowest BCUT2D eigenvalue weighted by Gasteiger charge is -2.28. The molecule has 0 radical (unpaired) electrons. The molecule has 0 saturated carbocycles. The van der Waals surface area contributed by atoms with Crippen LogP contribution in [0.3, 0.4) is 0 Å². The van der Waals surface area contributed by atoms with Crippen LogP contribution in [-0.2, 0) is 16.5 Å². The Morgan fingerprint density at radius 1 is 1.40 bits per heavy atom. The van der Waals surface area contributed by atoms with Gasteiger partial charge >= 0.3 is 6.18 Å². The molecule has 3 N–H and O–H groups in total. The first-order valence-corrected chi connectivity index (χ1v) is 6.28. The van der Waals surface area contributed by atoms with Crippen molar-refractivity contribution in [1.29, 1.82) is 0 Å². The van der Waals surface area contributed by atoms with Gasteiger partial charge in [0.05, 0.1) is 6.61 Å². The summed E-state index contributed by atoms with van der Waals surface area (Å²) >= 11 is 5.78. The van der Waals surface area contributed by atoms with Gasteiger partial charge in [0.15, 0.2) is 0 Å². The van der Waals surface area contributed by atoms with E-state index in [2.05, 4.69) is 4.98 Å². The number of hydrogen-bond donors (Lipinski definition) is 2. The van der Waals surface area contributed by atoms with Crippen LogP contribution in [0.5, 0.6) is 0 Å². The number of aromatic nitrogens is 1. The smallest absolute Gasteiger partial charge is 0.383 e. The Hall–Kier alpha value is -0.890. The highest BCUT2D eigenvalue weighted by atomic mass is 35.5. The molecule has 1 heterocycles. The van der Waals surface area contributed by atoms with Crippen LogP contribution in [0.4, 0.5) is 13.2 Å². The number of nitrogens with zero attached hydrogens (tertiary/aromatic N) is 1. The first-order valence-electron chi connectivity index (χ1n) is 5.90. The average molecular weight is 313 g/mol. The maximum atomic E-state index is 12.5. The van der Waals surface area contributed by atoms with Gasteiger partial charge in [-0.2, -0.15) is 13.2 Å². The minimum absolute atomic E-state index is 0.0995. The molecule has 0 aromatic carbocycles. The summed E-state index contributed by atoms with van der Waals surface area (Å²) in [6.45, 7) is 0.220. The zero-order chi connectivity index (χ0) is 15.4. The summed E-state index contributed by atoms with van der Waals surface area (Å²) in [7, 11) is 1.37. The number of ether oxygens (including phenoxy) is 1. The topological polar surface area (TPSA) is 68.4 Å². The molecular formula is C12H16ClF3N2O2. The van der Waals surface area contributed by atoms with Crippen molar-refractivity contribution < 1.29 is 23.0 Å². The lowest BCUT2D eigenvalue weighted by Crippen LogP contribution is -2.33. The molecule has 0 amide bonds. The second kappa shape index (κ2) is 6.71. The predicted molar refractivity (Wildman–Crippen MR) is 68.3 cm³/mol. The predicted octanol–water partition coefficient (Wildman–Crippen LogP) is 2.33. The lowest BCUT2D eigenvalue weighted by atomic mass is 9.90. The molecule has 1 atom stereocenters. The van der Waals surface area contributed by atoms with Crippen molar-refractivity contribution >= 4 is 11.6 Å². The van der Waals surface area contributed by atoms with E-state index in [1.165, 1.54) is 7.11 Å². The van der Waals surface area contributed by atoms with Crippen molar-refractivity contribution in [1.82, 2.24) is 4.98 Å². The van der Waals surface area contributed by atoms with E-state index in [-0.39, 0.29) is 18.6 Å². The van der Waals surface area contributed by atoms with Crippen LogP contribution in [0.2, 0.25) is 5.15 Å². The maximum absolute atomic E-state index is 12.5. The first kappa shape index (κ1) is 17.2. The van der Waals surface area contributed by atoms with Crippen molar-refractivity contribution in [2.45, 2.75) is 24.6 Å². The third-order valence-corrected chi connectivity index (χ3v) is 3.11. The Bertz CT molecular complexity index is 457. The normalized spacial score (nSPS) is 15.2. The van der Waals surface area contributed by atoms with Gasteiger partial charge in [0, 0.05) is 12.7 Å². The molecule has 1 aromatic rings. The zero-order valence-corrected chi connectivity index (χ0v) is 11.6. The quantitative estimate of drug-likeness (QED) is 0.791. The van der Waals surface area contributed by atoms with Crippen molar-refractivity contribution in [3.63, 3.8) is 0 Å². The van der Waals surface area contributed by atoms with Gasteiger partial charge < -0.3 is 15.6 Å². The fourth-order valence-corrected chi connectivity index (χ4v) is 2.19. The van der Waals surface area contributed by atoms with Crippen molar-refractivity contribution in [3.8, 4) is 0 Å². The highest BCUT2D eigenvalue weighted by Gasteiger charge is 2.36. The minimum Gasteiger partial charge on any atom is -0.383 e. The summed E-state index contributed by atoms with van der Waals surface area (Å²) in [5.74, 6) is 0. The third-order valence-electron chi connectivity index (χ3n) is 2.82. The molecule has 0 bridgehead atoms. The van der Waals surface area contributed by atoms with Crippen LogP contribution in [0.25, 0.3) is 0 Å². The molecule has 1 rings (SSSR count). The van der Waals surface area contributed by atoms with Crippen molar-refractivity contribution in [2.75, 3.05) is 20.3 Å². The van der Waals surface area contributed by atoms with Crippen molar-refractivity contribution in [3.05, 3.63) is 28.5 Å². The summed E-state index contributed by atoms with van der Waals surface area (Å²) in [6, 6.07) is 1.90. The number of aliphatic hydroxyl groups is 1. The second-order valence-corrected chi connectivity index (χ2v) is 4.75. The van der Waals surface area contributed by atoms with E-state index in [4.69, 9.17) is 22.1 Å². The molecule has 8 heteroatoms. The molecular weight excluding hydrogens is 297 g/mol. The van der Waals surface area contributed by atoms with E-state index in [1.54, 1.807) is 0 Å². The standard InChI is InChI=1S/C12H16ClF3N2O2/c1-20-7-11(19,5-2-6-17)8-3-4-9(12(14,15)16)18-10(8)13/h3-4,19H,2,5-7,17H2,1H3. The molecule has 20 heavy (non-hydrogen) atoms. The largest absolute Gasteiger partial charge is 0.433 e. The molecule has 0 aliphatic heterocycles. The molecule has 0 spiro atoms. The highest BCUT2D eigenvalue weighted by molar-refractivity contribution is 6.30. The van der Waals surface area contributed by atoms with Gasteiger partial charge in [0.1, 0.15) is 16.4 Å². The minimum atomic E-state index is -4.58. The summed E-state index contributed by atoms with van der Waals surface area (Å²) in [5.41, 5.74) is 2.86. The van der Waals surface area contributed by atoms with Crippen molar-refractivity contribution in [2.24, 2.45) is 5.73 Å². The van der Waals surface area contributed by atoms with Crippen LogP contribution < -0.4 is 5.73 Å². The Labute approximate surface area is 119 Å². The summed E-state index contributed by atoms with van der Waals surface area (Å²) in [4.78, 5) is 3.29. The number of nitrogens with two attached hydrogens (primary N) is 1. The Kier molecular flexibility index (Phi) is 5.76. The zero-order valence-electron chi connectivity index (χ0n) is 10.9. The number of pyridine rings is 1. The van der Waals surface area contributed by atoms with Crippen LogP contribution in [-0.4, -0.2) is 30.4 Å². The molecule has 1 aromatic heterocycles. The SMILES string of the molecule is COCC(O)(CCCN)c1ccc(C(F)(F)F)nc1Cl. The Morgan fingerprint density at radius 2 is 2.05 bits per heavy atom. The van der Waals surface area contributed by atoms with Crippen LogP contribution in [0.15, 0.2) is 12.1 Å². The van der Waals surface area contributed by atoms with E-state index in [0.717, 1.165) is 12.1 Å². The Balaban J connectivity index is 3.15.